The molecule has 0 unspecified atom stereocenters. The summed E-state index contributed by atoms with van der Waals surface area (Å²) < 4.78 is 5.01. The quantitative estimate of drug-likeness (QED) is 0.222. The molecule has 0 aromatic carbocycles. The number of aromatic nitrogens is 1. The van der Waals surface area contributed by atoms with E-state index in [0.717, 1.165) is 31.5 Å². The molecule has 20 heavy (non-hydrogen) atoms. The van der Waals surface area contributed by atoms with Crippen LogP contribution in [0.25, 0.3) is 0 Å². The molecule has 0 radical (unpaired) electrons. The molecule has 0 aliphatic rings. The first-order valence-electron chi connectivity index (χ1n) is 6.67. The smallest absolute Gasteiger partial charge is 0.212 e. The summed E-state index contributed by atoms with van der Waals surface area (Å²) in [6, 6.07) is 3.83. The van der Waals surface area contributed by atoms with Gasteiger partial charge in [-0.3, -0.25) is 0 Å². The van der Waals surface area contributed by atoms with Crippen molar-refractivity contribution in [1.29, 1.82) is 0 Å². The van der Waals surface area contributed by atoms with Crippen LogP contribution in [0.4, 0.5) is 0 Å². The summed E-state index contributed by atoms with van der Waals surface area (Å²) in [6.45, 7) is 5.57. The first kappa shape index (κ1) is 16.2. The Balaban J connectivity index is 2.25. The molecule has 1 aromatic rings. The third kappa shape index (κ3) is 5.05. The fourth-order valence-corrected chi connectivity index (χ4v) is 1.79. The highest BCUT2D eigenvalue weighted by Gasteiger charge is 2.22. The number of ether oxygens (including phenoxy) is 1. The Morgan fingerprint density at radius 1 is 1.50 bits per heavy atom. The summed E-state index contributed by atoms with van der Waals surface area (Å²) in [5.74, 6) is 0.895. The Morgan fingerprint density at radius 2 is 2.25 bits per heavy atom. The fourth-order valence-electron chi connectivity index (χ4n) is 1.79. The van der Waals surface area contributed by atoms with Gasteiger partial charge in [-0.1, -0.05) is 25.1 Å². The minimum absolute atomic E-state index is 0.275. The van der Waals surface area contributed by atoms with Gasteiger partial charge >= 0.3 is 0 Å². The van der Waals surface area contributed by atoms with Crippen molar-refractivity contribution in [3.8, 4) is 5.88 Å². The molecule has 6 nitrogen and oxygen atoms in total. The standard InChI is InChI=1S/C14H24N4O2/c1-14(2,13(15)18-19)7-4-8-16-9-11-5-6-12(20-3)17-10-11/h5-6,10,16,19H,4,7-9H2,1-3H3,(H2,15,18). The van der Waals surface area contributed by atoms with E-state index in [1.165, 1.54) is 0 Å². The Labute approximate surface area is 120 Å². The molecule has 0 saturated heterocycles. The van der Waals surface area contributed by atoms with Crippen LogP contribution in [-0.2, 0) is 6.54 Å². The molecular weight excluding hydrogens is 256 g/mol. The van der Waals surface area contributed by atoms with Crippen molar-refractivity contribution in [2.75, 3.05) is 13.7 Å². The van der Waals surface area contributed by atoms with Gasteiger partial charge in [-0.2, -0.15) is 0 Å². The lowest BCUT2D eigenvalue weighted by Gasteiger charge is -2.22. The van der Waals surface area contributed by atoms with Gasteiger partial charge in [0.1, 0.15) is 5.84 Å². The third-order valence-electron chi connectivity index (χ3n) is 3.29. The van der Waals surface area contributed by atoms with Gasteiger partial charge in [0.15, 0.2) is 0 Å². The number of oxime groups is 1. The fraction of sp³-hybridized carbons (Fsp3) is 0.571. The number of amidine groups is 1. The zero-order valence-corrected chi connectivity index (χ0v) is 12.4. The highest BCUT2D eigenvalue weighted by molar-refractivity contribution is 5.85. The highest BCUT2D eigenvalue weighted by atomic mass is 16.5. The molecule has 1 rings (SSSR count). The number of pyridine rings is 1. The molecule has 0 fully saturated rings. The van der Waals surface area contributed by atoms with Gasteiger partial charge in [0, 0.05) is 24.2 Å². The first-order chi connectivity index (χ1) is 9.49. The van der Waals surface area contributed by atoms with E-state index in [1.54, 1.807) is 13.3 Å². The van der Waals surface area contributed by atoms with Gasteiger partial charge < -0.3 is 21.0 Å². The lowest BCUT2D eigenvalue weighted by atomic mass is 9.86. The molecule has 112 valence electrons. The zero-order chi connectivity index (χ0) is 15.0. The largest absolute Gasteiger partial charge is 0.481 e. The van der Waals surface area contributed by atoms with Gasteiger partial charge in [0.2, 0.25) is 5.88 Å². The van der Waals surface area contributed by atoms with E-state index in [1.807, 2.05) is 26.0 Å². The van der Waals surface area contributed by atoms with E-state index >= 15 is 0 Å². The van der Waals surface area contributed by atoms with Crippen LogP contribution in [0.15, 0.2) is 23.5 Å². The second-order valence-electron chi connectivity index (χ2n) is 5.36. The first-order valence-corrected chi connectivity index (χ1v) is 6.67. The van der Waals surface area contributed by atoms with Crippen molar-refractivity contribution >= 4 is 5.84 Å². The van der Waals surface area contributed by atoms with Gasteiger partial charge in [0.05, 0.1) is 7.11 Å². The van der Waals surface area contributed by atoms with Gasteiger partial charge in [-0.05, 0) is 24.9 Å². The zero-order valence-electron chi connectivity index (χ0n) is 12.4. The molecule has 0 atom stereocenters. The Morgan fingerprint density at radius 3 is 2.80 bits per heavy atom. The second kappa shape index (κ2) is 7.69. The second-order valence-corrected chi connectivity index (χ2v) is 5.36. The summed E-state index contributed by atoms with van der Waals surface area (Å²) in [5.41, 5.74) is 6.48. The van der Waals surface area contributed by atoms with E-state index in [4.69, 9.17) is 15.7 Å². The van der Waals surface area contributed by atoms with Crippen LogP contribution in [0.5, 0.6) is 5.88 Å². The summed E-state index contributed by atoms with van der Waals surface area (Å²) in [6.07, 6.45) is 3.61. The number of hydrogen-bond donors (Lipinski definition) is 3. The molecule has 0 saturated carbocycles. The van der Waals surface area contributed by atoms with E-state index in [9.17, 15) is 0 Å². The molecule has 0 aliphatic carbocycles. The van der Waals surface area contributed by atoms with Crippen molar-refractivity contribution in [3.63, 3.8) is 0 Å². The molecule has 0 bridgehead atoms. The molecule has 6 heteroatoms. The molecular formula is C14H24N4O2. The normalized spacial score (nSPS) is 12.4. The van der Waals surface area contributed by atoms with E-state index < -0.39 is 0 Å². The summed E-state index contributed by atoms with van der Waals surface area (Å²) in [5, 5.41) is 15.1. The minimum atomic E-state index is -0.280. The number of nitrogens with one attached hydrogen (secondary N) is 1. The number of hydrogen-bond acceptors (Lipinski definition) is 5. The topological polar surface area (TPSA) is 92.8 Å². The van der Waals surface area contributed by atoms with Crippen LogP contribution in [0.3, 0.4) is 0 Å². The molecule has 1 aromatic heterocycles. The Bertz CT molecular complexity index is 429. The molecule has 0 aliphatic heterocycles. The van der Waals surface area contributed by atoms with Crippen LogP contribution in [-0.4, -0.2) is 29.7 Å². The average molecular weight is 280 g/mol. The van der Waals surface area contributed by atoms with Gasteiger partial charge in [-0.15, -0.1) is 0 Å². The minimum Gasteiger partial charge on any atom is -0.481 e. The lowest BCUT2D eigenvalue weighted by molar-refractivity contribution is 0.304. The van der Waals surface area contributed by atoms with Crippen LogP contribution >= 0.6 is 0 Å². The van der Waals surface area contributed by atoms with Crippen LogP contribution in [0.1, 0.15) is 32.3 Å². The third-order valence-corrected chi connectivity index (χ3v) is 3.29. The highest BCUT2D eigenvalue weighted by Crippen LogP contribution is 2.21. The van der Waals surface area contributed by atoms with Crippen molar-refractivity contribution in [1.82, 2.24) is 10.3 Å². The van der Waals surface area contributed by atoms with Crippen LogP contribution < -0.4 is 15.8 Å². The van der Waals surface area contributed by atoms with E-state index in [2.05, 4.69) is 15.5 Å². The SMILES string of the molecule is COc1ccc(CNCCCC(C)(C)C(N)=NO)cn1. The van der Waals surface area contributed by atoms with Crippen LogP contribution in [0.2, 0.25) is 0 Å². The maximum absolute atomic E-state index is 8.69. The van der Waals surface area contributed by atoms with E-state index in [-0.39, 0.29) is 11.3 Å². The molecule has 4 N–H and O–H groups in total. The summed E-state index contributed by atoms with van der Waals surface area (Å²) in [4.78, 5) is 4.15. The van der Waals surface area contributed by atoms with E-state index in [0.29, 0.717) is 5.88 Å². The van der Waals surface area contributed by atoms with Crippen molar-refractivity contribution in [2.24, 2.45) is 16.3 Å². The van der Waals surface area contributed by atoms with Crippen molar-refractivity contribution < 1.29 is 9.94 Å². The monoisotopic (exact) mass is 280 g/mol. The average Bonchev–Trinajstić information content (AvgIpc) is 2.46. The number of nitrogens with zero attached hydrogens (tertiary/aromatic N) is 2. The summed E-state index contributed by atoms with van der Waals surface area (Å²) in [7, 11) is 1.60. The molecule has 1 heterocycles. The number of rotatable bonds is 8. The van der Waals surface area contributed by atoms with Crippen LogP contribution in [0, 0.1) is 5.41 Å². The summed E-state index contributed by atoms with van der Waals surface area (Å²) >= 11 is 0. The Hall–Kier alpha value is -1.82. The lowest BCUT2D eigenvalue weighted by Crippen LogP contribution is -2.32. The van der Waals surface area contributed by atoms with Crippen molar-refractivity contribution in [2.45, 2.75) is 33.2 Å². The maximum Gasteiger partial charge on any atom is 0.212 e. The predicted octanol–water partition coefficient (Wildman–Crippen LogP) is 1.73. The van der Waals surface area contributed by atoms with Crippen molar-refractivity contribution in [3.05, 3.63) is 23.9 Å². The predicted molar refractivity (Wildman–Crippen MR) is 78.9 cm³/mol. The Kier molecular flexibility index (Phi) is 6.24. The number of nitrogens with two attached hydrogens (primary N) is 1. The maximum atomic E-state index is 8.69. The molecule has 0 spiro atoms. The number of methoxy groups -OCH3 is 1. The molecule has 0 amide bonds. The van der Waals surface area contributed by atoms with Gasteiger partial charge in [-0.25, -0.2) is 4.98 Å². The van der Waals surface area contributed by atoms with Gasteiger partial charge in [0.25, 0.3) is 0 Å².